The lowest BCUT2D eigenvalue weighted by Gasteiger charge is -1.95. The second-order valence-corrected chi connectivity index (χ2v) is 3.58. The third-order valence-electron chi connectivity index (χ3n) is 2.45. The fourth-order valence-corrected chi connectivity index (χ4v) is 1.55. The van der Waals surface area contributed by atoms with Crippen molar-refractivity contribution >= 4 is 5.97 Å². The van der Waals surface area contributed by atoms with Crippen molar-refractivity contribution in [2.45, 2.75) is 6.92 Å². The second-order valence-electron chi connectivity index (χ2n) is 3.58. The summed E-state index contributed by atoms with van der Waals surface area (Å²) in [5, 5.41) is 0. The zero-order chi connectivity index (χ0) is 12.4. The van der Waals surface area contributed by atoms with Crippen LogP contribution in [-0.2, 0) is 4.74 Å². The molecule has 0 bridgehead atoms. The van der Waals surface area contributed by atoms with Crippen molar-refractivity contribution < 1.29 is 18.3 Å². The molecule has 0 spiro atoms. The van der Waals surface area contributed by atoms with Gasteiger partial charge in [-0.3, -0.25) is 0 Å². The number of methoxy groups -OCH3 is 1. The van der Waals surface area contributed by atoms with Gasteiger partial charge in [-0.05, 0) is 37.3 Å². The SMILES string of the molecule is COC(=O)c1cc(-c2ccc(F)cc2)oc1C. The third kappa shape index (κ3) is 2.20. The number of benzene rings is 1. The molecule has 3 nitrogen and oxygen atoms in total. The maximum absolute atomic E-state index is 12.8. The van der Waals surface area contributed by atoms with Gasteiger partial charge in [0.2, 0.25) is 0 Å². The van der Waals surface area contributed by atoms with Gasteiger partial charge in [0, 0.05) is 5.56 Å². The van der Waals surface area contributed by atoms with Crippen molar-refractivity contribution in [3.05, 3.63) is 47.5 Å². The standard InChI is InChI=1S/C13H11FO3/c1-8-11(13(15)16-2)7-12(17-8)9-3-5-10(14)6-4-9/h3-7H,1-2H3. The van der Waals surface area contributed by atoms with E-state index >= 15 is 0 Å². The highest BCUT2D eigenvalue weighted by Gasteiger charge is 2.16. The number of hydrogen-bond donors (Lipinski definition) is 0. The highest BCUT2D eigenvalue weighted by molar-refractivity contribution is 5.91. The zero-order valence-electron chi connectivity index (χ0n) is 9.49. The molecule has 1 aromatic carbocycles. The Balaban J connectivity index is 2.41. The third-order valence-corrected chi connectivity index (χ3v) is 2.45. The normalized spacial score (nSPS) is 10.3. The number of carbonyl (C=O) groups is 1. The van der Waals surface area contributed by atoms with Crippen LogP contribution in [0, 0.1) is 12.7 Å². The number of hydrogen-bond acceptors (Lipinski definition) is 3. The summed E-state index contributed by atoms with van der Waals surface area (Å²) in [5.41, 5.74) is 1.09. The Kier molecular flexibility index (Phi) is 2.95. The number of furan rings is 1. The Bertz CT molecular complexity index is 540. The largest absolute Gasteiger partial charge is 0.465 e. The maximum Gasteiger partial charge on any atom is 0.341 e. The molecule has 0 aliphatic rings. The minimum Gasteiger partial charge on any atom is -0.465 e. The van der Waals surface area contributed by atoms with Crippen molar-refractivity contribution in [1.82, 2.24) is 0 Å². The van der Waals surface area contributed by atoms with E-state index in [1.54, 1.807) is 25.1 Å². The fourth-order valence-electron chi connectivity index (χ4n) is 1.55. The molecule has 0 radical (unpaired) electrons. The van der Waals surface area contributed by atoms with E-state index in [1.165, 1.54) is 19.2 Å². The monoisotopic (exact) mass is 234 g/mol. The number of halogens is 1. The first-order chi connectivity index (χ1) is 8.11. The smallest absolute Gasteiger partial charge is 0.341 e. The Morgan fingerprint density at radius 1 is 1.29 bits per heavy atom. The van der Waals surface area contributed by atoms with E-state index < -0.39 is 5.97 Å². The molecule has 1 heterocycles. The van der Waals surface area contributed by atoms with Crippen LogP contribution in [0.1, 0.15) is 16.1 Å². The summed E-state index contributed by atoms with van der Waals surface area (Å²) in [4.78, 5) is 11.4. The van der Waals surface area contributed by atoms with E-state index in [0.717, 1.165) is 0 Å². The number of esters is 1. The number of carbonyl (C=O) groups excluding carboxylic acids is 1. The van der Waals surface area contributed by atoms with Gasteiger partial charge >= 0.3 is 5.97 Å². The average Bonchev–Trinajstić information content (AvgIpc) is 2.71. The number of aryl methyl sites for hydroxylation is 1. The minimum absolute atomic E-state index is 0.315. The van der Waals surface area contributed by atoms with Crippen molar-refractivity contribution in [3.63, 3.8) is 0 Å². The summed E-state index contributed by atoms with van der Waals surface area (Å²) < 4.78 is 22.8. The van der Waals surface area contributed by atoms with Crippen LogP contribution in [0.2, 0.25) is 0 Å². The molecule has 4 heteroatoms. The van der Waals surface area contributed by atoms with E-state index in [2.05, 4.69) is 4.74 Å². The molecular weight excluding hydrogens is 223 g/mol. The maximum atomic E-state index is 12.8. The second kappa shape index (κ2) is 4.41. The Hall–Kier alpha value is -2.10. The minimum atomic E-state index is -0.445. The van der Waals surface area contributed by atoms with Crippen LogP contribution in [0.15, 0.2) is 34.7 Å². The predicted octanol–water partition coefficient (Wildman–Crippen LogP) is 3.18. The van der Waals surface area contributed by atoms with Crippen molar-refractivity contribution in [1.29, 1.82) is 0 Å². The van der Waals surface area contributed by atoms with Gasteiger partial charge in [-0.2, -0.15) is 0 Å². The van der Waals surface area contributed by atoms with Crippen LogP contribution in [0.5, 0.6) is 0 Å². The lowest BCUT2D eigenvalue weighted by molar-refractivity contribution is 0.0599. The summed E-state index contributed by atoms with van der Waals surface area (Å²) in [7, 11) is 1.31. The van der Waals surface area contributed by atoms with E-state index in [4.69, 9.17) is 4.42 Å². The molecule has 0 aliphatic carbocycles. The molecule has 0 amide bonds. The Morgan fingerprint density at radius 2 is 1.94 bits per heavy atom. The molecule has 0 saturated carbocycles. The quantitative estimate of drug-likeness (QED) is 0.749. The van der Waals surface area contributed by atoms with Gasteiger partial charge in [0.1, 0.15) is 22.9 Å². The summed E-state index contributed by atoms with van der Waals surface area (Å²) in [6, 6.07) is 7.45. The van der Waals surface area contributed by atoms with Gasteiger partial charge < -0.3 is 9.15 Å². The lowest BCUT2D eigenvalue weighted by Crippen LogP contribution is -2.00. The Labute approximate surface area is 97.8 Å². The lowest BCUT2D eigenvalue weighted by atomic mass is 10.1. The van der Waals surface area contributed by atoms with Crippen LogP contribution in [0.3, 0.4) is 0 Å². The first kappa shape index (κ1) is 11.4. The summed E-state index contributed by atoms with van der Waals surface area (Å²) in [5.74, 6) is 0.240. The van der Waals surface area contributed by atoms with Crippen LogP contribution in [0.4, 0.5) is 4.39 Å². The van der Waals surface area contributed by atoms with Gasteiger partial charge in [0.05, 0.1) is 7.11 Å². The molecule has 0 atom stereocenters. The molecule has 88 valence electrons. The van der Waals surface area contributed by atoms with Crippen molar-refractivity contribution in [3.8, 4) is 11.3 Å². The molecule has 17 heavy (non-hydrogen) atoms. The molecule has 0 N–H and O–H groups in total. The van der Waals surface area contributed by atoms with Gasteiger partial charge in [0.25, 0.3) is 0 Å². The van der Waals surface area contributed by atoms with Crippen molar-refractivity contribution in [2.75, 3.05) is 7.11 Å². The summed E-state index contributed by atoms with van der Waals surface area (Å²) in [6.07, 6.45) is 0. The average molecular weight is 234 g/mol. The first-order valence-electron chi connectivity index (χ1n) is 5.06. The molecule has 0 aliphatic heterocycles. The summed E-state index contributed by atoms with van der Waals surface area (Å²) >= 11 is 0. The van der Waals surface area contributed by atoms with E-state index in [9.17, 15) is 9.18 Å². The van der Waals surface area contributed by atoms with E-state index in [-0.39, 0.29) is 5.82 Å². The number of ether oxygens (including phenoxy) is 1. The van der Waals surface area contributed by atoms with Gasteiger partial charge in [-0.1, -0.05) is 0 Å². The molecule has 2 rings (SSSR count). The van der Waals surface area contributed by atoms with Crippen molar-refractivity contribution in [2.24, 2.45) is 0 Å². The molecule has 2 aromatic rings. The number of rotatable bonds is 2. The predicted molar refractivity (Wildman–Crippen MR) is 60.2 cm³/mol. The van der Waals surface area contributed by atoms with E-state index in [1.807, 2.05) is 0 Å². The van der Waals surface area contributed by atoms with Crippen LogP contribution in [0.25, 0.3) is 11.3 Å². The molecule has 0 unspecified atom stereocenters. The van der Waals surface area contributed by atoms with Gasteiger partial charge in [-0.15, -0.1) is 0 Å². The Morgan fingerprint density at radius 3 is 2.53 bits per heavy atom. The van der Waals surface area contributed by atoms with Crippen LogP contribution in [-0.4, -0.2) is 13.1 Å². The molecule has 0 fully saturated rings. The van der Waals surface area contributed by atoms with E-state index in [0.29, 0.717) is 22.6 Å². The van der Waals surface area contributed by atoms with Gasteiger partial charge in [-0.25, -0.2) is 9.18 Å². The molecule has 0 saturated heterocycles. The first-order valence-corrected chi connectivity index (χ1v) is 5.06. The highest BCUT2D eigenvalue weighted by Crippen LogP contribution is 2.25. The van der Waals surface area contributed by atoms with Crippen LogP contribution < -0.4 is 0 Å². The molecular formula is C13H11FO3. The summed E-state index contributed by atoms with van der Waals surface area (Å²) in [6.45, 7) is 1.68. The molecule has 1 aromatic heterocycles. The topological polar surface area (TPSA) is 39.4 Å². The zero-order valence-corrected chi connectivity index (χ0v) is 9.49. The van der Waals surface area contributed by atoms with Gasteiger partial charge in [0.15, 0.2) is 0 Å². The fraction of sp³-hybridized carbons (Fsp3) is 0.154. The van der Waals surface area contributed by atoms with Crippen LogP contribution >= 0.6 is 0 Å². The highest BCUT2D eigenvalue weighted by atomic mass is 19.1.